The maximum Gasteiger partial charge on any atom is 0.149 e. The van der Waals surface area contributed by atoms with Crippen molar-refractivity contribution in [2.45, 2.75) is 20.0 Å². The van der Waals surface area contributed by atoms with E-state index in [0.717, 1.165) is 0 Å². The van der Waals surface area contributed by atoms with Crippen molar-refractivity contribution in [3.63, 3.8) is 0 Å². The Bertz CT molecular complexity index is 555. The number of anilines is 1. The van der Waals surface area contributed by atoms with Crippen LogP contribution in [-0.2, 0) is 9.84 Å². The van der Waals surface area contributed by atoms with Crippen LogP contribution < -0.4 is 4.90 Å². The largest absolute Gasteiger partial charge is 0.389 e. The highest BCUT2D eigenvalue weighted by molar-refractivity contribution is 7.90. The molecule has 0 aliphatic carbocycles. The molecular weight excluding hydrogens is 269 g/mol. The number of halogens is 1. The summed E-state index contributed by atoms with van der Waals surface area (Å²) in [4.78, 5) is 1.72. The summed E-state index contributed by atoms with van der Waals surface area (Å²) in [5, 5.41) is 9.69. The van der Waals surface area contributed by atoms with E-state index in [9.17, 15) is 17.9 Å². The van der Waals surface area contributed by atoms with Crippen molar-refractivity contribution in [1.29, 1.82) is 0 Å². The number of hydrogen-bond acceptors (Lipinski definition) is 4. The number of aliphatic hydroxyl groups is 1. The van der Waals surface area contributed by atoms with E-state index >= 15 is 0 Å². The molecule has 0 radical (unpaired) electrons. The third kappa shape index (κ3) is 4.47. The van der Waals surface area contributed by atoms with Crippen LogP contribution in [0.1, 0.15) is 24.2 Å². The molecule has 0 amide bonds. The predicted octanol–water partition coefficient (Wildman–Crippen LogP) is 1.67. The van der Waals surface area contributed by atoms with Gasteiger partial charge in [-0.25, -0.2) is 12.8 Å². The van der Waals surface area contributed by atoms with Gasteiger partial charge < -0.3 is 10.0 Å². The normalized spacial score (nSPS) is 13.4. The number of rotatable bonds is 5. The lowest BCUT2D eigenvalue weighted by Crippen LogP contribution is -2.26. The Morgan fingerprint density at radius 3 is 2.47 bits per heavy atom. The predicted molar refractivity (Wildman–Crippen MR) is 74.8 cm³/mol. The molecule has 0 saturated heterocycles. The first-order valence-electron chi connectivity index (χ1n) is 5.99. The molecule has 108 valence electrons. The molecule has 1 N–H and O–H groups in total. The zero-order valence-electron chi connectivity index (χ0n) is 11.6. The van der Waals surface area contributed by atoms with Crippen molar-refractivity contribution < 1.29 is 17.9 Å². The number of aliphatic hydroxyl groups excluding tert-OH is 1. The van der Waals surface area contributed by atoms with Crippen molar-refractivity contribution >= 4 is 15.5 Å². The highest BCUT2D eigenvalue weighted by atomic mass is 32.2. The summed E-state index contributed by atoms with van der Waals surface area (Å²) in [5.74, 6) is -0.365. The molecule has 0 aliphatic rings. The Balaban J connectivity index is 3.07. The van der Waals surface area contributed by atoms with Gasteiger partial charge in [-0.05, 0) is 31.5 Å². The molecule has 0 spiro atoms. The number of hydrogen-bond donors (Lipinski definition) is 1. The van der Waals surface area contributed by atoms with Crippen molar-refractivity contribution in [2.24, 2.45) is 0 Å². The van der Waals surface area contributed by atoms with Crippen LogP contribution in [-0.4, -0.2) is 39.1 Å². The van der Waals surface area contributed by atoms with Crippen LogP contribution in [0.5, 0.6) is 0 Å². The van der Waals surface area contributed by atoms with Crippen LogP contribution >= 0.6 is 0 Å². The molecule has 1 aromatic carbocycles. The van der Waals surface area contributed by atoms with Crippen LogP contribution in [0.15, 0.2) is 12.1 Å². The van der Waals surface area contributed by atoms with E-state index in [0.29, 0.717) is 23.4 Å². The van der Waals surface area contributed by atoms with E-state index in [-0.39, 0.29) is 11.6 Å². The monoisotopic (exact) mass is 289 g/mol. The number of sulfone groups is 1. The highest BCUT2D eigenvalue weighted by Gasteiger charge is 2.16. The first-order chi connectivity index (χ1) is 8.61. The second kappa shape index (κ2) is 5.88. The maximum absolute atomic E-state index is 13.5. The van der Waals surface area contributed by atoms with Crippen LogP contribution in [0.25, 0.3) is 0 Å². The van der Waals surface area contributed by atoms with Crippen LogP contribution in [0, 0.1) is 12.7 Å². The molecule has 0 saturated carbocycles. The van der Waals surface area contributed by atoms with Gasteiger partial charge in [-0.1, -0.05) is 0 Å². The fraction of sp³-hybridized carbons (Fsp3) is 0.538. The summed E-state index contributed by atoms with van der Waals surface area (Å²) in [6.07, 6.45) is 0.359. The number of aryl methyl sites for hydroxylation is 1. The lowest BCUT2D eigenvalue weighted by Gasteiger charge is -2.24. The Hall–Kier alpha value is -1.14. The lowest BCUT2D eigenvalue weighted by atomic mass is 10.0. The molecule has 0 aromatic heterocycles. The first kappa shape index (κ1) is 15.9. The van der Waals surface area contributed by atoms with Gasteiger partial charge in [0.05, 0.1) is 11.9 Å². The van der Waals surface area contributed by atoms with Gasteiger partial charge in [0, 0.05) is 31.1 Å². The number of nitrogens with zero attached hydrogens (tertiary/aromatic N) is 1. The SMILES string of the molecule is Cc1cc(N(C)CCS(C)(=O)=O)c(C(C)O)cc1F. The molecule has 19 heavy (non-hydrogen) atoms. The van der Waals surface area contributed by atoms with E-state index < -0.39 is 15.9 Å². The topological polar surface area (TPSA) is 57.6 Å². The maximum atomic E-state index is 13.5. The zero-order valence-corrected chi connectivity index (χ0v) is 12.5. The third-order valence-electron chi connectivity index (χ3n) is 2.97. The van der Waals surface area contributed by atoms with E-state index in [4.69, 9.17) is 0 Å². The van der Waals surface area contributed by atoms with Gasteiger partial charge in [-0.15, -0.1) is 0 Å². The van der Waals surface area contributed by atoms with E-state index in [2.05, 4.69) is 0 Å². The van der Waals surface area contributed by atoms with Crippen LogP contribution in [0.3, 0.4) is 0 Å². The van der Waals surface area contributed by atoms with Gasteiger partial charge in [-0.2, -0.15) is 0 Å². The quantitative estimate of drug-likeness (QED) is 0.896. The summed E-state index contributed by atoms with van der Waals surface area (Å²) in [6.45, 7) is 3.48. The lowest BCUT2D eigenvalue weighted by molar-refractivity contribution is 0.199. The molecule has 6 heteroatoms. The van der Waals surface area contributed by atoms with Gasteiger partial charge in [0.1, 0.15) is 15.7 Å². The van der Waals surface area contributed by atoms with Gasteiger partial charge in [-0.3, -0.25) is 0 Å². The molecule has 0 bridgehead atoms. The van der Waals surface area contributed by atoms with Gasteiger partial charge in [0.25, 0.3) is 0 Å². The first-order valence-corrected chi connectivity index (χ1v) is 8.05. The molecule has 0 aliphatic heterocycles. The standard InChI is InChI=1S/C13H20FNO3S/c1-9-7-13(11(10(2)16)8-12(9)14)15(3)5-6-19(4,17)18/h7-8,10,16H,5-6H2,1-4H3. The van der Waals surface area contributed by atoms with Gasteiger partial charge >= 0.3 is 0 Å². The molecule has 0 fully saturated rings. The smallest absolute Gasteiger partial charge is 0.149 e. The average Bonchev–Trinajstić information content (AvgIpc) is 2.27. The molecule has 4 nitrogen and oxygen atoms in total. The minimum Gasteiger partial charge on any atom is -0.389 e. The molecule has 1 aromatic rings. The van der Waals surface area contributed by atoms with Crippen molar-refractivity contribution in [3.8, 4) is 0 Å². The third-order valence-corrected chi connectivity index (χ3v) is 3.89. The summed E-state index contributed by atoms with van der Waals surface area (Å²) in [7, 11) is -1.33. The second-order valence-electron chi connectivity index (χ2n) is 4.89. The van der Waals surface area contributed by atoms with E-state index in [1.54, 1.807) is 31.9 Å². The van der Waals surface area contributed by atoms with Crippen LogP contribution in [0.2, 0.25) is 0 Å². The fourth-order valence-electron chi connectivity index (χ4n) is 1.77. The minimum atomic E-state index is -3.06. The summed E-state index contributed by atoms with van der Waals surface area (Å²) in [6, 6.07) is 2.92. The summed E-state index contributed by atoms with van der Waals surface area (Å²) >= 11 is 0. The Kier molecular flexibility index (Phi) is 4.92. The summed E-state index contributed by atoms with van der Waals surface area (Å²) < 4.78 is 35.9. The number of benzene rings is 1. The molecule has 1 rings (SSSR count). The van der Waals surface area contributed by atoms with E-state index in [1.165, 1.54) is 12.3 Å². The highest BCUT2D eigenvalue weighted by Crippen LogP contribution is 2.28. The minimum absolute atomic E-state index is 0.0131. The average molecular weight is 289 g/mol. The Morgan fingerprint density at radius 2 is 2.00 bits per heavy atom. The van der Waals surface area contributed by atoms with Gasteiger partial charge in [0.15, 0.2) is 0 Å². The van der Waals surface area contributed by atoms with Crippen molar-refractivity contribution in [2.75, 3.05) is 30.5 Å². The second-order valence-corrected chi connectivity index (χ2v) is 7.15. The Morgan fingerprint density at radius 1 is 1.42 bits per heavy atom. The van der Waals surface area contributed by atoms with Crippen molar-refractivity contribution in [1.82, 2.24) is 0 Å². The molecular formula is C13H20FNO3S. The van der Waals surface area contributed by atoms with Gasteiger partial charge in [0.2, 0.25) is 0 Å². The van der Waals surface area contributed by atoms with Crippen molar-refractivity contribution in [3.05, 3.63) is 29.1 Å². The fourth-order valence-corrected chi connectivity index (χ4v) is 2.38. The molecule has 1 atom stereocenters. The van der Waals surface area contributed by atoms with E-state index in [1.807, 2.05) is 0 Å². The Labute approximate surface area is 113 Å². The summed E-state index contributed by atoms with van der Waals surface area (Å²) in [5.41, 5.74) is 1.57. The molecule has 0 heterocycles. The zero-order chi connectivity index (χ0) is 14.8. The van der Waals surface area contributed by atoms with Crippen LogP contribution in [0.4, 0.5) is 10.1 Å². The molecule has 1 unspecified atom stereocenters.